The molecule has 0 unspecified atom stereocenters. The number of amides is 1. The Morgan fingerprint density at radius 3 is 2.95 bits per heavy atom. The van der Waals surface area contributed by atoms with Crippen LogP contribution in [0, 0.1) is 0 Å². The molecule has 2 atom stereocenters. The van der Waals surface area contributed by atoms with Gasteiger partial charge >= 0.3 is 0 Å². The molecule has 1 aromatic carbocycles. The summed E-state index contributed by atoms with van der Waals surface area (Å²) in [7, 11) is 0. The van der Waals surface area contributed by atoms with E-state index in [0.717, 1.165) is 25.1 Å². The molecule has 0 spiro atoms. The van der Waals surface area contributed by atoms with Crippen LogP contribution in [-0.4, -0.2) is 18.5 Å². The summed E-state index contributed by atoms with van der Waals surface area (Å²) in [5, 5.41) is 6.53. The van der Waals surface area contributed by atoms with Crippen molar-refractivity contribution in [1.29, 1.82) is 0 Å². The smallest absolute Gasteiger partial charge is 0.225 e. The highest BCUT2D eigenvalue weighted by atomic mass is 16.1. The van der Waals surface area contributed by atoms with Gasteiger partial charge in [0.05, 0.1) is 0 Å². The van der Waals surface area contributed by atoms with Crippen LogP contribution in [0.15, 0.2) is 35.9 Å². The standard InChI is InChI=1S/C18H26N2O/c1-13(2)7-6-8-14(3)19-12-15-11-18(21)20-17-10-5-4-9-16(15)17/h4-5,7,9-10,14-15,19H,6,8,11-12H2,1-3H3,(H,20,21)/t14-,15-/m0/s1. The van der Waals surface area contributed by atoms with Crippen molar-refractivity contribution in [1.82, 2.24) is 5.32 Å². The van der Waals surface area contributed by atoms with Crippen LogP contribution >= 0.6 is 0 Å². The predicted molar refractivity (Wildman–Crippen MR) is 88.6 cm³/mol. The SMILES string of the molecule is CC(C)=CCC[C@H](C)NC[C@@H]1CC(=O)Nc2ccccc21. The second-order valence-corrected chi connectivity index (χ2v) is 6.20. The molecule has 2 rings (SSSR count). The Hall–Kier alpha value is -1.61. The van der Waals surface area contributed by atoms with E-state index in [1.54, 1.807) is 0 Å². The van der Waals surface area contributed by atoms with E-state index in [1.807, 2.05) is 18.2 Å². The minimum absolute atomic E-state index is 0.123. The Kier molecular flexibility index (Phi) is 5.57. The van der Waals surface area contributed by atoms with Crippen LogP contribution in [-0.2, 0) is 4.79 Å². The fourth-order valence-corrected chi connectivity index (χ4v) is 2.75. The Morgan fingerprint density at radius 1 is 1.43 bits per heavy atom. The summed E-state index contributed by atoms with van der Waals surface area (Å²) in [4.78, 5) is 11.8. The molecule has 0 aromatic heterocycles. The lowest BCUT2D eigenvalue weighted by Gasteiger charge is -2.27. The number of rotatable bonds is 6. The molecule has 3 nitrogen and oxygen atoms in total. The number of fused-ring (bicyclic) bond motifs is 1. The van der Waals surface area contributed by atoms with Gasteiger partial charge in [0.15, 0.2) is 0 Å². The van der Waals surface area contributed by atoms with Crippen LogP contribution in [0.1, 0.15) is 51.5 Å². The van der Waals surface area contributed by atoms with Crippen molar-refractivity contribution in [2.45, 2.75) is 52.0 Å². The van der Waals surface area contributed by atoms with Crippen molar-refractivity contribution in [3.63, 3.8) is 0 Å². The van der Waals surface area contributed by atoms with Gasteiger partial charge in [0.2, 0.25) is 5.91 Å². The van der Waals surface area contributed by atoms with Crippen molar-refractivity contribution in [3.05, 3.63) is 41.5 Å². The maximum atomic E-state index is 11.8. The molecule has 0 saturated heterocycles. The number of anilines is 1. The lowest BCUT2D eigenvalue weighted by atomic mass is 9.90. The van der Waals surface area contributed by atoms with Crippen LogP contribution < -0.4 is 10.6 Å². The minimum Gasteiger partial charge on any atom is -0.326 e. The van der Waals surface area contributed by atoms with E-state index < -0.39 is 0 Å². The number of benzene rings is 1. The Morgan fingerprint density at radius 2 is 2.19 bits per heavy atom. The first kappa shape index (κ1) is 15.8. The maximum Gasteiger partial charge on any atom is 0.225 e. The van der Waals surface area contributed by atoms with Crippen LogP contribution in [0.3, 0.4) is 0 Å². The van der Waals surface area contributed by atoms with Gasteiger partial charge in [-0.25, -0.2) is 0 Å². The van der Waals surface area contributed by atoms with Crippen LogP contribution in [0.5, 0.6) is 0 Å². The van der Waals surface area contributed by atoms with Gasteiger partial charge in [0.25, 0.3) is 0 Å². The molecule has 1 heterocycles. The number of carbonyl (C=O) groups excluding carboxylic acids is 1. The van der Waals surface area contributed by atoms with E-state index >= 15 is 0 Å². The monoisotopic (exact) mass is 286 g/mol. The van der Waals surface area contributed by atoms with E-state index in [-0.39, 0.29) is 11.8 Å². The molecule has 1 aliphatic heterocycles. The van der Waals surface area contributed by atoms with E-state index in [9.17, 15) is 4.79 Å². The number of nitrogens with one attached hydrogen (secondary N) is 2. The Bertz CT molecular complexity index is 518. The number of allylic oxidation sites excluding steroid dienone is 2. The zero-order valence-corrected chi connectivity index (χ0v) is 13.3. The fraction of sp³-hybridized carbons (Fsp3) is 0.500. The first-order valence-electron chi connectivity index (χ1n) is 7.81. The summed E-state index contributed by atoms with van der Waals surface area (Å²) < 4.78 is 0. The summed E-state index contributed by atoms with van der Waals surface area (Å²) >= 11 is 0. The lowest BCUT2D eigenvalue weighted by molar-refractivity contribution is -0.116. The predicted octanol–water partition coefficient (Wildman–Crippen LogP) is 3.84. The number of para-hydroxylation sites is 1. The molecule has 21 heavy (non-hydrogen) atoms. The van der Waals surface area contributed by atoms with Gasteiger partial charge < -0.3 is 10.6 Å². The quantitative estimate of drug-likeness (QED) is 0.780. The first-order chi connectivity index (χ1) is 10.1. The van der Waals surface area contributed by atoms with Crippen molar-refractivity contribution in [2.75, 3.05) is 11.9 Å². The van der Waals surface area contributed by atoms with Crippen LogP contribution in [0.25, 0.3) is 0 Å². The highest BCUT2D eigenvalue weighted by molar-refractivity contribution is 5.94. The number of carbonyl (C=O) groups is 1. The minimum atomic E-state index is 0.123. The summed E-state index contributed by atoms with van der Waals surface area (Å²) in [5.74, 6) is 0.401. The molecular formula is C18H26N2O. The summed E-state index contributed by atoms with van der Waals surface area (Å²) in [6.45, 7) is 7.35. The van der Waals surface area contributed by atoms with Gasteiger partial charge in [-0.1, -0.05) is 29.8 Å². The lowest BCUT2D eigenvalue weighted by Crippen LogP contribution is -2.34. The Balaban J connectivity index is 1.88. The zero-order valence-electron chi connectivity index (χ0n) is 13.3. The Labute approximate surface area is 127 Å². The van der Waals surface area contributed by atoms with Gasteiger partial charge in [0.1, 0.15) is 0 Å². The molecule has 0 bridgehead atoms. The molecule has 0 radical (unpaired) electrons. The van der Waals surface area contributed by atoms with E-state index in [0.29, 0.717) is 12.5 Å². The highest BCUT2D eigenvalue weighted by Gasteiger charge is 2.24. The van der Waals surface area contributed by atoms with Crippen molar-refractivity contribution >= 4 is 11.6 Å². The molecule has 114 valence electrons. The molecule has 1 aromatic rings. The third-order valence-electron chi connectivity index (χ3n) is 3.97. The van der Waals surface area contributed by atoms with Gasteiger partial charge in [-0.15, -0.1) is 0 Å². The summed E-state index contributed by atoms with van der Waals surface area (Å²) in [5.41, 5.74) is 3.60. The van der Waals surface area contributed by atoms with Crippen molar-refractivity contribution in [2.24, 2.45) is 0 Å². The zero-order chi connectivity index (χ0) is 15.2. The first-order valence-corrected chi connectivity index (χ1v) is 7.81. The van der Waals surface area contributed by atoms with E-state index in [2.05, 4.69) is 43.5 Å². The van der Waals surface area contributed by atoms with E-state index in [4.69, 9.17) is 0 Å². The topological polar surface area (TPSA) is 41.1 Å². The molecule has 0 saturated carbocycles. The average Bonchev–Trinajstić information content (AvgIpc) is 2.44. The molecule has 0 aliphatic carbocycles. The second kappa shape index (κ2) is 7.41. The van der Waals surface area contributed by atoms with Gasteiger partial charge in [-0.3, -0.25) is 4.79 Å². The summed E-state index contributed by atoms with van der Waals surface area (Å²) in [6.07, 6.45) is 5.09. The third-order valence-corrected chi connectivity index (χ3v) is 3.97. The fourth-order valence-electron chi connectivity index (χ4n) is 2.75. The molecule has 3 heteroatoms. The molecule has 1 aliphatic rings. The van der Waals surface area contributed by atoms with Crippen molar-refractivity contribution < 1.29 is 4.79 Å². The maximum absolute atomic E-state index is 11.8. The van der Waals surface area contributed by atoms with Gasteiger partial charge in [-0.2, -0.15) is 0 Å². The second-order valence-electron chi connectivity index (χ2n) is 6.20. The van der Waals surface area contributed by atoms with Crippen molar-refractivity contribution in [3.8, 4) is 0 Å². The number of hydrogen-bond donors (Lipinski definition) is 2. The van der Waals surface area contributed by atoms with E-state index in [1.165, 1.54) is 11.1 Å². The molecule has 0 fully saturated rings. The normalized spacial score (nSPS) is 18.6. The van der Waals surface area contributed by atoms with Gasteiger partial charge in [-0.05, 0) is 45.2 Å². The molecule has 1 amide bonds. The largest absolute Gasteiger partial charge is 0.326 e. The summed E-state index contributed by atoms with van der Waals surface area (Å²) in [6, 6.07) is 8.59. The van der Waals surface area contributed by atoms with Gasteiger partial charge in [0, 0.05) is 30.6 Å². The third kappa shape index (κ3) is 4.71. The average molecular weight is 286 g/mol. The molecular weight excluding hydrogens is 260 g/mol. The molecule has 2 N–H and O–H groups in total. The highest BCUT2D eigenvalue weighted by Crippen LogP contribution is 2.31. The van der Waals surface area contributed by atoms with Crippen LogP contribution in [0.4, 0.5) is 5.69 Å². The number of hydrogen-bond acceptors (Lipinski definition) is 2. The van der Waals surface area contributed by atoms with Crippen LogP contribution in [0.2, 0.25) is 0 Å².